The van der Waals surface area contributed by atoms with Crippen molar-refractivity contribution in [2.45, 2.75) is 13.8 Å². The first-order valence-electron chi connectivity index (χ1n) is 16.0. The van der Waals surface area contributed by atoms with E-state index < -0.39 is 66.1 Å². The van der Waals surface area contributed by atoms with Gasteiger partial charge in [-0.05, 0) is 49.2 Å². The first-order valence-corrected chi connectivity index (χ1v) is 17.1. The number of hydrogen-bond acceptors (Lipinski definition) is 15. The normalized spacial score (nSPS) is 11.2. The van der Waals surface area contributed by atoms with Gasteiger partial charge in [0.05, 0.1) is 65.9 Å². The zero-order valence-electron chi connectivity index (χ0n) is 29.5. The Balaban J connectivity index is 1.21. The molecule has 0 saturated carbocycles. The number of thioether (sulfide) groups is 1. The van der Waals surface area contributed by atoms with E-state index in [0.717, 1.165) is 48.2 Å². The Hall–Kier alpha value is -7.95. The summed E-state index contributed by atoms with van der Waals surface area (Å²) in [5, 5.41) is 57.5. The second-order valence-electron chi connectivity index (χ2n) is 11.5. The van der Waals surface area contributed by atoms with Crippen molar-refractivity contribution < 1.29 is 38.9 Å². The average molecular weight is 801 g/mol. The zero-order valence-corrected chi connectivity index (χ0v) is 30.3. The third kappa shape index (κ3) is 12.0. The van der Waals surface area contributed by atoms with Crippen molar-refractivity contribution >= 4 is 80.9 Å². The third-order valence-electron chi connectivity index (χ3n) is 7.46. The van der Waals surface area contributed by atoms with Gasteiger partial charge in [0.2, 0.25) is 11.8 Å². The molecule has 0 bridgehead atoms. The highest BCUT2D eigenvalue weighted by atomic mass is 32.2. The van der Waals surface area contributed by atoms with E-state index in [1.165, 1.54) is 24.3 Å². The van der Waals surface area contributed by atoms with E-state index in [-0.39, 0.29) is 34.0 Å². The fraction of sp³-hybridized carbons (Fsp3) is 0.118. The highest BCUT2D eigenvalue weighted by molar-refractivity contribution is 8.00. The molecule has 0 radical (unpaired) electrons. The Morgan fingerprint density at radius 1 is 0.509 bits per heavy atom. The maximum Gasteiger partial charge on any atom is 0.277 e. The second-order valence-corrected chi connectivity index (χ2v) is 12.5. The molecule has 0 aliphatic carbocycles. The topological polar surface area (TPSA) is 314 Å². The smallest absolute Gasteiger partial charge is 0.277 e. The standard InChI is InChI=1S/C34H28N10O12S/c1-19(21-3-7-25(8-4-21)35-33(47)23-11-27(41(49)50)15-28(12-23)42(51)52)37-39-31(45)17-57-18-32(46)40-38-20(2)22-5-9-26(10-6-22)36-34(48)24-13-29(43(53)54)16-30(14-24)44(55)56/h3-16H,17-18H2,1-2H3,(H,35,47)(H,36,48)(H,39,45)(H,40,46)/b37-19+,38-20+. The number of hydrogen-bond donors (Lipinski definition) is 4. The lowest BCUT2D eigenvalue weighted by atomic mass is 10.1. The van der Waals surface area contributed by atoms with E-state index in [1.807, 2.05) is 0 Å². The number of anilines is 2. The van der Waals surface area contributed by atoms with Crippen molar-refractivity contribution in [3.63, 3.8) is 0 Å². The van der Waals surface area contributed by atoms with Gasteiger partial charge in [-0.1, -0.05) is 24.3 Å². The molecule has 4 rings (SSSR count). The molecule has 292 valence electrons. The Morgan fingerprint density at radius 2 is 0.807 bits per heavy atom. The summed E-state index contributed by atoms with van der Waals surface area (Å²) < 4.78 is 0. The van der Waals surface area contributed by atoms with Gasteiger partial charge in [0.15, 0.2) is 0 Å². The average Bonchev–Trinajstić information content (AvgIpc) is 3.19. The van der Waals surface area contributed by atoms with E-state index in [2.05, 4.69) is 31.7 Å². The predicted molar refractivity (Wildman–Crippen MR) is 206 cm³/mol. The highest BCUT2D eigenvalue weighted by Crippen LogP contribution is 2.25. The van der Waals surface area contributed by atoms with Gasteiger partial charge < -0.3 is 10.6 Å². The lowest BCUT2D eigenvalue weighted by Gasteiger charge is -2.08. The number of nitrogens with one attached hydrogen (secondary N) is 4. The number of amides is 4. The van der Waals surface area contributed by atoms with Crippen LogP contribution in [0.4, 0.5) is 34.1 Å². The Morgan fingerprint density at radius 3 is 1.09 bits per heavy atom. The number of nitrogens with zero attached hydrogens (tertiary/aromatic N) is 6. The molecule has 57 heavy (non-hydrogen) atoms. The summed E-state index contributed by atoms with van der Waals surface area (Å²) in [6.07, 6.45) is 0. The van der Waals surface area contributed by atoms with Crippen LogP contribution in [-0.4, -0.2) is 66.3 Å². The number of carbonyl (C=O) groups excluding carboxylic acids is 4. The number of carbonyl (C=O) groups is 4. The molecular formula is C34H28N10O12S. The fourth-order valence-electron chi connectivity index (χ4n) is 4.59. The number of non-ortho nitro benzene ring substituents is 4. The lowest BCUT2D eigenvalue weighted by Crippen LogP contribution is -2.24. The minimum atomic E-state index is -0.845. The Kier molecular flexibility index (Phi) is 13.8. The van der Waals surface area contributed by atoms with Gasteiger partial charge in [-0.25, -0.2) is 10.9 Å². The molecule has 0 fully saturated rings. The summed E-state index contributed by atoms with van der Waals surface area (Å²) in [6, 6.07) is 17.4. The summed E-state index contributed by atoms with van der Waals surface area (Å²) in [6.45, 7) is 3.22. The molecule has 4 aromatic rings. The van der Waals surface area contributed by atoms with Crippen LogP contribution in [0.5, 0.6) is 0 Å². The van der Waals surface area contributed by atoms with Crippen LogP contribution in [0.15, 0.2) is 95.1 Å². The number of nitro groups is 4. The van der Waals surface area contributed by atoms with Gasteiger partial charge in [-0.2, -0.15) is 10.2 Å². The maximum absolute atomic E-state index is 12.6. The molecular weight excluding hydrogens is 772 g/mol. The van der Waals surface area contributed by atoms with Gasteiger partial charge in [0.25, 0.3) is 34.6 Å². The number of rotatable bonds is 16. The number of hydrazone groups is 2. The second kappa shape index (κ2) is 18.9. The molecule has 0 aliphatic heterocycles. The van der Waals surface area contributed by atoms with Crippen LogP contribution in [0.1, 0.15) is 45.7 Å². The van der Waals surface area contributed by atoms with E-state index in [0.29, 0.717) is 22.6 Å². The van der Waals surface area contributed by atoms with Gasteiger partial charge in [0.1, 0.15) is 0 Å². The molecule has 4 N–H and O–H groups in total. The Labute approximate surface area is 324 Å². The molecule has 0 heterocycles. The minimum absolute atomic E-state index is 0.121. The van der Waals surface area contributed by atoms with Crippen LogP contribution in [0, 0.1) is 40.5 Å². The number of nitro benzene ring substituents is 4. The van der Waals surface area contributed by atoms with Crippen LogP contribution in [-0.2, 0) is 9.59 Å². The van der Waals surface area contributed by atoms with Crippen molar-refractivity contribution in [1.29, 1.82) is 0 Å². The van der Waals surface area contributed by atoms with Crippen molar-refractivity contribution in [2.24, 2.45) is 10.2 Å². The van der Waals surface area contributed by atoms with Gasteiger partial charge in [0, 0.05) is 35.6 Å². The van der Waals surface area contributed by atoms with E-state index in [9.17, 15) is 59.6 Å². The molecule has 0 unspecified atom stereocenters. The summed E-state index contributed by atoms with van der Waals surface area (Å²) in [7, 11) is 0. The van der Waals surface area contributed by atoms with Crippen LogP contribution in [0.25, 0.3) is 0 Å². The first kappa shape index (κ1) is 41.8. The van der Waals surface area contributed by atoms with Gasteiger partial charge in [-0.3, -0.25) is 59.6 Å². The molecule has 0 aromatic heterocycles. The largest absolute Gasteiger partial charge is 0.322 e. The number of benzene rings is 4. The van der Waals surface area contributed by atoms with Crippen LogP contribution >= 0.6 is 11.8 Å². The lowest BCUT2D eigenvalue weighted by molar-refractivity contribution is -0.394. The van der Waals surface area contributed by atoms with E-state index in [1.54, 1.807) is 38.1 Å². The summed E-state index contributed by atoms with van der Waals surface area (Å²) in [4.78, 5) is 91.0. The quantitative estimate of drug-likeness (QED) is 0.0664. The van der Waals surface area contributed by atoms with E-state index in [4.69, 9.17) is 0 Å². The first-order chi connectivity index (χ1) is 27.0. The molecule has 22 nitrogen and oxygen atoms in total. The summed E-state index contributed by atoms with van der Waals surface area (Å²) in [5.74, 6) is -2.86. The fourth-order valence-corrected chi connectivity index (χ4v) is 5.19. The predicted octanol–water partition coefficient (Wildman–Crippen LogP) is 4.94. The highest BCUT2D eigenvalue weighted by Gasteiger charge is 2.21. The Bertz CT molecular complexity index is 2120. The molecule has 23 heteroatoms. The van der Waals surface area contributed by atoms with Crippen molar-refractivity contribution in [3.8, 4) is 0 Å². The SMILES string of the molecule is C/C(=N\NC(=O)CSCC(=O)N/N=C(\C)c1ccc(NC(=O)c2cc([N+](=O)[O-])cc([N+](=O)[O-])c2)cc1)c1ccc(NC(=O)c2cc([N+](=O)[O-])cc([N+](=O)[O-])c2)cc1. The molecule has 0 spiro atoms. The zero-order chi connectivity index (χ0) is 41.8. The van der Waals surface area contributed by atoms with Crippen molar-refractivity contribution in [3.05, 3.63) is 148 Å². The van der Waals surface area contributed by atoms with Gasteiger partial charge in [-0.15, -0.1) is 11.8 Å². The molecule has 4 aromatic carbocycles. The van der Waals surface area contributed by atoms with Crippen LogP contribution in [0.3, 0.4) is 0 Å². The summed E-state index contributed by atoms with van der Waals surface area (Å²) in [5.41, 5.74) is 4.21. The van der Waals surface area contributed by atoms with Crippen LogP contribution in [0.2, 0.25) is 0 Å². The monoisotopic (exact) mass is 800 g/mol. The molecule has 0 aliphatic rings. The maximum atomic E-state index is 12.6. The van der Waals surface area contributed by atoms with Crippen molar-refractivity contribution in [1.82, 2.24) is 10.9 Å². The van der Waals surface area contributed by atoms with E-state index >= 15 is 0 Å². The van der Waals surface area contributed by atoms with Gasteiger partial charge >= 0.3 is 0 Å². The third-order valence-corrected chi connectivity index (χ3v) is 8.39. The molecule has 0 saturated heterocycles. The van der Waals surface area contributed by atoms with Crippen molar-refractivity contribution in [2.75, 3.05) is 22.1 Å². The van der Waals surface area contributed by atoms with Crippen LogP contribution < -0.4 is 21.5 Å². The molecule has 0 atom stereocenters. The molecule has 4 amide bonds. The minimum Gasteiger partial charge on any atom is -0.322 e. The summed E-state index contributed by atoms with van der Waals surface area (Å²) >= 11 is 0.993.